The molecule has 0 unspecified atom stereocenters. The molecule has 8 heteroatoms. The zero-order valence-corrected chi connectivity index (χ0v) is 27.6. The highest BCUT2D eigenvalue weighted by atomic mass is 16.5. The first-order valence-corrected chi connectivity index (χ1v) is 14.7. The first-order valence-electron chi connectivity index (χ1n) is 14.7. The van der Waals surface area contributed by atoms with Crippen LogP contribution in [0.4, 0.5) is 0 Å². The molecular weight excluding hydrogens is 552 g/mol. The van der Waals surface area contributed by atoms with Gasteiger partial charge in [-0.05, 0) is 84.4 Å². The summed E-state index contributed by atoms with van der Waals surface area (Å²) in [6.07, 6.45) is 7.49. The number of rotatable bonds is 10. The van der Waals surface area contributed by atoms with Gasteiger partial charge in [-0.15, -0.1) is 0 Å². The van der Waals surface area contributed by atoms with Gasteiger partial charge in [0.05, 0.1) is 13.2 Å². The molecule has 0 aliphatic heterocycles. The molecule has 0 aliphatic rings. The average Bonchev–Trinajstić information content (AvgIpc) is 3.43. The molecule has 2 aromatic carbocycles. The van der Waals surface area contributed by atoms with Crippen molar-refractivity contribution in [3.05, 3.63) is 82.6 Å². The van der Waals surface area contributed by atoms with Crippen LogP contribution in [-0.4, -0.2) is 36.6 Å². The molecule has 4 rings (SSSR count). The van der Waals surface area contributed by atoms with Gasteiger partial charge in [0.2, 0.25) is 11.5 Å². The number of fused-ring (bicyclic) bond motifs is 2. The fourth-order valence-corrected chi connectivity index (χ4v) is 5.10. The van der Waals surface area contributed by atoms with Crippen LogP contribution in [0, 0.1) is 36.5 Å². The van der Waals surface area contributed by atoms with Crippen molar-refractivity contribution >= 4 is 21.8 Å². The Morgan fingerprint density at radius 1 is 0.705 bits per heavy atom. The van der Waals surface area contributed by atoms with E-state index < -0.39 is 0 Å². The van der Waals surface area contributed by atoms with Crippen molar-refractivity contribution < 1.29 is 18.9 Å². The minimum absolute atomic E-state index is 0.261. The Morgan fingerprint density at radius 2 is 1.07 bits per heavy atom. The molecule has 0 N–H and O–H groups in total. The number of nitrogens with zero attached hydrogens (tertiary/aromatic N) is 4. The van der Waals surface area contributed by atoms with Gasteiger partial charge in [-0.3, -0.25) is 0 Å². The lowest BCUT2D eigenvalue weighted by Crippen LogP contribution is -2.00. The maximum Gasteiger partial charge on any atom is 0.202 e. The molecule has 2 heterocycles. The van der Waals surface area contributed by atoms with Gasteiger partial charge < -0.3 is 28.1 Å². The van der Waals surface area contributed by atoms with Gasteiger partial charge in [-0.25, -0.2) is 0 Å². The summed E-state index contributed by atoms with van der Waals surface area (Å²) in [4.78, 5) is 0. The van der Waals surface area contributed by atoms with Crippen LogP contribution in [0.15, 0.2) is 60.3 Å². The first-order chi connectivity index (χ1) is 20.9. The molecule has 4 aromatic rings. The highest BCUT2D eigenvalue weighted by Gasteiger charge is 2.16. The van der Waals surface area contributed by atoms with Gasteiger partial charge in [-0.2, -0.15) is 10.5 Å². The standard InChI is InChI=1S/2C18H22N2O2/c2*1-12(2)15-8-17-16(13(3)11-20(17)4)9-18(15)22-14(10-19)6-7-21-5/h2*6,8-9,11-12H,7H2,1-5H3/b2*14-6-. The number of hydrogen-bond acceptors (Lipinski definition) is 6. The topological polar surface area (TPSA) is 94.4 Å². The van der Waals surface area contributed by atoms with Crippen LogP contribution in [-0.2, 0) is 23.6 Å². The number of hydrogen-bond donors (Lipinski definition) is 0. The predicted octanol–water partition coefficient (Wildman–Crippen LogP) is 8.09. The van der Waals surface area contributed by atoms with Crippen molar-refractivity contribution in [1.82, 2.24) is 9.13 Å². The second kappa shape index (κ2) is 15.3. The summed E-state index contributed by atoms with van der Waals surface area (Å²) in [6.45, 7) is 13.3. The number of ether oxygens (including phenoxy) is 4. The minimum Gasteiger partial charge on any atom is -0.446 e. The van der Waals surface area contributed by atoms with Gasteiger partial charge in [0.25, 0.3) is 0 Å². The zero-order valence-electron chi connectivity index (χ0n) is 27.6. The molecule has 0 bridgehead atoms. The largest absolute Gasteiger partial charge is 0.446 e. The summed E-state index contributed by atoms with van der Waals surface area (Å²) < 4.78 is 25.9. The van der Waals surface area contributed by atoms with Gasteiger partial charge >= 0.3 is 0 Å². The number of methoxy groups -OCH3 is 2. The van der Waals surface area contributed by atoms with E-state index in [0.29, 0.717) is 25.0 Å². The molecule has 2 aromatic heterocycles. The van der Waals surface area contributed by atoms with E-state index in [1.807, 2.05) is 26.2 Å². The SMILES string of the molecule is COC/C=C(/C#N)Oc1cc2c(C)cn(C)c2cc1C(C)C.COC/C=C(/C#N)Oc1cc2c(C)cn(C)c2cc1C(C)C. The maximum absolute atomic E-state index is 9.21. The molecule has 0 aliphatic carbocycles. The van der Waals surface area contributed by atoms with Crippen LogP contribution in [0.1, 0.15) is 61.8 Å². The molecular formula is C36H44N4O4. The fraction of sp³-hybridized carbons (Fsp3) is 0.389. The lowest BCUT2D eigenvalue weighted by atomic mass is 10.00. The van der Waals surface area contributed by atoms with Gasteiger partial charge in [0, 0.05) is 62.5 Å². The summed E-state index contributed by atoms with van der Waals surface area (Å²) in [5, 5.41) is 20.7. The number of nitriles is 2. The van der Waals surface area contributed by atoms with Gasteiger partial charge in [0.1, 0.15) is 23.6 Å². The highest BCUT2D eigenvalue weighted by molar-refractivity contribution is 5.87. The van der Waals surface area contributed by atoms with E-state index in [-0.39, 0.29) is 11.5 Å². The Morgan fingerprint density at radius 3 is 1.36 bits per heavy atom. The van der Waals surface area contributed by atoms with Crippen molar-refractivity contribution in [2.75, 3.05) is 27.4 Å². The molecule has 8 nitrogen and oxygen atoms in total. The molecule has 0 radical (unpaired) electrons. The maximum atomic E-state index is 9.21. The number of aromatic nitrogens is 2. The summed E-state index contributed by atoms with van der Waals surface area (Å²) in [6, 6.07) is 12.5. The third-order valence-corrected chi connectivity index (χ3v) is 7.42. The number of benzene rings is 2. The average molecular weight is 597 g/mol. The van der Waals surface area contributed by atoms with E-state index in [2.05, 4.69) is 87.3 Å². The molecule has 0 amide bonds. The van der Waals surface area contributed by atoms with E-state index >= 15 is 0 Å². The molecule has 0 atom stereocenters. The Bertz CT molecular complexity index is 1630. The lowest BCUT2D eigenvalue weighted by molar-refractivity contribution is 0.231. The molecule has 0 spiro atoms. The number of aryl methyl sites for hydroxylation is 4. The van der Waals surface area contributed by atoms with Gasteiger partial charge in [-0.1, -0.05) is 27.7 Å². The predicted molar refractivity (Wildman–Crippen MR) is 176 cm³/mol. The van der Waals surface area contributed by atoms with Crippen molar-refractivity contribution in [1.29, 1.82) is 10.5 Å². The summed E-state index contributed by atoms with van der Waals surface area (Å²) in [7, 11) is 7.26. The van der Waals surface area contributed by atoms with Gasteiger partial charge in [0.15, 0.2) is 0 Å². The van der Waals surface area contributed by atoms with E-state index in [4.69, 9.17) is 18.9 Å². The van der Waals surface area contributed by atoms with E-state index in [0.717, 1.165) is 33.4 Å². The Kier molecular flexibility index (Phi) is 11.8. The monoisotopic (exact) mass is 596 g/mol. The quantitative estimate of drug-likeness (QED) is 0.136. The molecule has 0 fully saturated rings. The van der Waals surface area contributed by atoms with Crippen LogP contribution in [0.2, 0.25) is 0 Å². The Hall–Kier alpha value is -4.50. The molecule has 0 saturated carbocycles. The third-order valence-electron chi connectivity index (χ3n) is 7.42. The molecule has 0 saturated heterocycles. The number of allylic oxidation sites excluding steroid dienone is 2. The second-order valence-electron chi connectivity index (χ2n) is 11.4. The Labute approximate surface area is 261 Å². The summed E-state index contributed by atoms with van der Waals surface area (Å²) >= 11 is 0. The first kappa shape index (κ1) is 34.0. The van der Waals surface area contributed by atoms with Crippen LogP contribution >= 0.6 is 0 Å². The second-order valence-corrected chi connectivity index (χ2v) is 11.4. The van der Waals surface area contributed by atoms with Crippen molar-refractivity contribution in [3.63, 3.8) is 0 Å². The van der Waals surface area contributed by atoms with Crippen molar-refractivity contribution in [3.8, 4) is 23.6 Å². The Balaban J connectivity index is 0.000000240. The van der Waals surface area contributed by atoms with Crippen LogP contribution in [0.5, 0.6) is 11.5 Å². The third kappa shape index (κ3) is 7.90. The molecule has 232 valence electrons. The van der Waals surface area contributed by atoms with Crippen molar-refractivity contribution in [2.45, 2.75) is 53.4 Å². The highest BCUT2D eigenvalue weighted by Crippen LogP contribution is 2.35. The lowest BCUT2D eigenvalue weighted by Gasteiger charge is -2.14. The smallest absolute Gasteiger partial charge is 0.202 e. The van der Waals surface area contributed by atoms with Crippen LogP contribution in [0.25, 0.3) is 21.8 Å². The fourth-order valence-electron chi connectivity index (χ4n) is 5.10. The van der Waals surface area contributed by atoms with E-state index in [9.17, 15) is 10.5 Å². The minimum atomic E-state index is 0.261. The summed E-state index contributed by atoms with van der Waals surface area (Å²) in [5.74, 6) is 2.60. The molecule has 44 heavy (non-hydrogen) atoms. The summed E-state index contributed by atoms with van der Waals surface area (Å²) in [5.41, 5.74) is 6.91. The normalized spacial score (nSPS) is 12.0. The zero-order chi connectivity index (χ0) is 32.6. The van der Waals surface area contributed by atoms with Crippen molar-refractivity contribution in [2.24, 2.45) is 14.1 Å². The van der Waals surface area contributed by atoms with Crippen LogP contribution < -0.4 is 9.47 Å². The van der Waals surface area contributed by atoms with E-state index in [1.165, 1.54) is 22.2 Å². The van der Waals surface area contributed by atoms with E-state index in [1.54, 1.807) is 26.4 Å². The van der Waals surface area contributed by atoms with Crippen LogP contribution in [0.3, 0.4) is 0 Å².